The number of anilines is 2. The van der Waals surface area contributed by atoms with Crippen LogP contribution in [0.4, 0.5) is 15.9 Å². The van der Waals surface area contributed by atoms with E-state index in [0.29, 0.717) is 21.3 Å². The van der Waals surface area contributed by atoms with E-state index in [1.54, 1.807) is 18.2 Å². The Bertz CT molecular complexity index is 1230. The van der Waals surface area contributed by atoms with Crippen molar-refractivity contribution in [2.75, 3.05) is 10.6 Å². The molecule has 170 valence electrons. The summed E-state index contributed by atoms with van der Waals surface area (Å²) in [4.78, 5) is 29.3. The Labute approximate surface area is 213 Å². The van der Waals surface area contributed by atoms with Gasteiger partial charge in [-0.1, -0.05) is 34.8 Å². The van der Waals surface area contributed by atoms with Crippen LogP contribution in [0, 0.1) is 11.7 Å². The number of carbonyl (C=O) groups excluding carboxylic acids is 2. The third-order valence-electron chi connectivity index (χ3n) is 5.03. The van der Waals surface area contributed by atoms with Gasteiger partial charge in [-0.05, 0) is 54.1 Å². The molecule has 0 radical (unpaired) electrons. The monoisotopic (exact) mass is 545 g/mol. The summed E-state index contributed by atoms with van der Waals surface area (Å²) < 4.78 is 11.7. The van der Waals surface area contributed by atoms with Gasteiger partial charge in [-0.25, -0.2) is 9.37 Å². The summed E-state index contributed by atoms with van der Waals surface area (Å²) in [7, 11) is 0. The highest BCUT2D eigenvalue weighted by molar-refractivity contribution is 6.53. The molecule has 0 spiro atoms. The lowest BCUT2D eigenvalue weighted by Crippen LogP contribution is -2.18. The summed E-state index contributed by atoms with van der Waals surface area (Å²) in [6.45, 7) is 0. The van der Waals surface area contributed by atoms with E-state index >= 15 is 0 Å². The molecule has 0 aliphatic heterocycles. The highest BCUT2D eigenvalue weighted by Gasteiger charge is 2.67. The Morgan fingerprint density at radius 2 is 1.64 bits per heavy atom. The lowest BCUT2D eigenvalue weighted by atomic mass is 10.1. The molecule has 4 rings (SSSR count). The van der Waals surface area contributed by atoms with Gasteiger partial charge < -0.3 is 10.6 Å². The minimum Gasteiger partial charge on any atom is -0.326 e. The Balaban J connectivity index is 1.50. The molecule has 0 saturated heterocycles. The zero-order valence-electron chi connectivity index (χ0n) is 16.4. The van der Waals surface area contributed by atoms with Crippen molar-refractivity contribution >= 4 is 81.3 Å². The number of rotatable bonds is 5. The Morgan fingerprint density at radius 3 is 2.27 bits per heavy atom. The van der Waals surface area contributed by atoms with E-state index in [1.807, 2.05) is 0 Å². The summed E-state index contributed by atoms with van der Waals surface area (Å²) in [6, 6.07) is 11.7. The quantitative estimate of drug-likeness (QED) is 0.339. The molecule has 0 unspecified atom stereocenters. The van der Waals surface area contributed by atoms with Crippen LogP contribution in [-0.4, -0.2) is 21.1 Å². The summed E-state index contributed by atoms with van der Waals surface area (Å²) in [5.41, 5.74) is 1.03. The van der Waals surface area contributed by atoms with Crippen LogP contribution in [0.25, 0.3) is 0 Å². The minimum absolute atomic E-state index is 0.0811. The lowest BCUT2D eigenvalue weighted by molar-refractivity contribution is -0.117. The summed E-state index contributed by atoms with van der Waals surface area (Å²) in [5.74, 6) is -2.72. The van der Waals surface area contributed by atoms with Crippen LogP contribution in [-0.2, 0) is 4.79 Å². The first-order valence-corrected chi connectivity index (χ1v) is 11.3. The van der Waals surface area contributed by atoms with E-state index in [4.69, 9.17) is 58.0 Å². The van der Waals surface area contributed by atoms with Crippen molar-refractivity contribution in [2.24, 2.45) is 5.92 Å². The number of carbonyl (C=O) groups is 2. The number of alkyl halides is 2. The van der Waals surface area contributed by atoms with Crippen LogP contribution in [0.2, 0.25) is 15.1 Å². The van der Waals surface area contributed by atoms with Crippen molar-refractivity contribution in [3.8, 4) is 0 Å². The molecule has 0 bridgehead atoms. The average Bonchev–Trinajstić information content (AvgIpc) is 3.32. The molecular weight excluding hydrogens is 535 g/mol. The Kier molecular flexibility index (Phi) is 6.76. The second-order valence-electron chi connectivity index (χ2n) is 7.33. The van der Waals surface area contributed by atoms with Crippen LogP contribution >= 0.6 is 58.0 Å². The number of nitrogens with zero attached hydrogens (tertiary/aromatic N) is 1. The molecule has 1 aliphatic rings. The van der Waals surface area contributed by atoms with Crippen molar-refractivity contribution < 1.29 is 14.0 Å². The largest absolute Gasteiger partial charge is 0.326 e. The van der Waals surface area contributed by atoms with Gasteiger partial charge in [0.2, 0.25) is 5.91 Å². The number of amides is 2. The average molecular weight is 548 g/mol. The fourth-order valence-corrected chi connectivity index (χ4v) is 5.03. The third kappa shape index (κ3) is 5.20. The van der Waals surface area contributed by atoms with Crippen molar-refractivity contribution in [2.45, 2.75) is 10.3 Å². The summed E-state index contributed by atoms with van der Waals surface area (Å²) in [6.07, 6.45) is 0.970. The number of halogens is 6. The predicted molar refractivity (Wildman–Crippen MR) is 129 cm³/mol. The third-order valence-corrected chi connectivity index (χ3v) is 6.73. The second kappa shape index (κ2) is 9.28. The number of hydrogen-bond acceptors (Lipinski definition) is 3. The first-order chi connectivity index (χ1) is 15.6. The topological polar surface area (TPSA) is 71.1 Å². The molecule has 1 aromatic heterocycles. The van der Waals surface area contributed by atoms with Gasteiger partial charge in [0.05, 0.1) is 22.7 Å². The van der Waals surface area contributed by atoms with E-state index in [1.165, 1.54) is 24.3 Å². The maximum absolute atomic E-state index is 13.0. The molecule has 3 aromatic rings. The molecule has 11 heteroatoms. The van der Waals surface area contributed by atoms with E-state index < -0.39 is 33.8 Å². The first-order valence-electron chi connectivity index (χ1n) is 9.43. The fraction of sp³-hybridized carbons (Fsp3) is 0.136. The first kappa shape index (κ1) is 24.0. The smallest absolute Gasteiger partial charge is 0.258 e. The van der Waals surface area contributed by atoms with E-state index in [0.717, 1.165) is 12.3 Å². The van der Waals surface area contributed by atoms with Gasteiger partial charge in [0.1, 0.15) is 16.0 Å². The van der Waals surface area contributed by atoms with Crippen molar-refractivity contribution in [3.63, 3.8) is 0 Å². The molecule has 2 N–H and O–H groups in total. The Morgan fingerprint density at radius 1 is 0.939 bits per heavy atom. The number of nitrogens with one attached hydrogen (secondary N) is 2. The molecule has 2 aromatic carbocycles. The molecular formula is C22H13Cl5FN3O2. The van der Waals surface area contributed by atoms with E-state index in [-0.39, 0.29) is 16.4 Å². The molecule has 2 atom stereocenters. The minimum atomic E-state index is -1.35. The van der Waals surface area contributed by atoms with Crippen LogP contribution in [0.1, 0.15) is 21.8 Å². The zero-order chi connectivity index (χ0) is 23.9. The predicted octanol–water partition coefficient (Wildman–Crippen LogP) is 6.96. The molecule has 1 saturated carbocycles. The summed E-state index contributed by atoms with van der Waals surface area (Å²) in [5, 5.41) is 6.16. The van der Waals surface area contributed by atoms with Gasteiger partial charge in [-0.3, -0.25) is 9.59 Å². The van der Waals surface area contributed by atoms with E-state index in [9.17, 15) is 14.0 Å². The number of aromatic nitrogens is 1. The van der Waals surface area contributed by atoms with Crippen LogP contribution in [0.3, 0.4) is 0 Å². The molecule has 1 aliphatic carbocycles. The van der Waals surface area contributed by atoms with Gasteiger partial charge in [0.25, 0.3) is 5.91 Å². The van der Waals surface area contributed by atoms with Crippen LogP contribution < -0.4 is 10.6 Å². The van der Waals surface area contributed by atoms with Crippen LogP contribution in [0.15, 0.2) is 54.7 Å². The zero-order valence-corrected chi connectivity index (χ0v) is 20.2. The molecule has 1 fully saturated rings. The number of hydrogen-bond donors (Lipinski definition) is 2. The maximum Gasteiger partial charge on any atom is 0.258 e. The standard InChI is InChI=1S/C22H13Cl5FN3O2/c23-11-5-10(6-12(24)7-11)18-19(22(18,26)27)21(33)30-14-2-3-16(25)15(8-14)20(32)31-17-4-1-13(28)9-29-17/h1-9,18-19H,(H,30,33)(H,29,31,32)/t18-,19+/m1/s1. The van der Waals surface area contributed by atoms with Crippen molar-refractivity contribution in [1.29, 1.82) is 0 Å². The van der Waals surface area contributed by atoms with Crippen molar-refractivity contribution in [3.05, 3.63) is 86.7 Å². The highest BCUT2D eigenvalue weighted by Crippen LogP contribution is 2.65. The highest BCUT2D eigenvalue weighted by atomic mass is 35.5. The maximum atomic E-state index is 13.0. The number of pyridine rings is 1. The van der Waals surface area contributed by atoms with Gasteiger partial charge in [-0.15, -0.1) is 23.2 Å². The van der Waals surface area contributed by atoms with Crippen LogP contribution in [0.5, 0.6) is 0 Å². The number of benzene rings is 2. The summed E-state index contributed by atoms with van der Waals surface area (Å²) >= 11 is 31.0. The molecule has 1 heterocycles. The van der Waals surface area contributed by atoms with Gasteiger partial charge in [0.15, 0.2) is 0 Å². The van der Waals surface area contributed by atoms with Gasteiger partial charge >= 0.3 is 0 Å². The normalized spacial score (nSPS) is 18.5. The molecule has 2 amide bonds. The lowest BCUT2D eigenvalue weighted by Gasteiger charge is -2.10. The Hall–Kier alpha value is -2.09. The molecule has 33 heavy (non-hydrogen) atoms. The SMILES string of the molecule is O=C(Nc1ccc(F)cn1)c1cc(NC(=O)[C@@H]2[C@@H](c3cc(Cl)cc(Cl)c3)C2(Cl)Cl)ccc1Cl. The fourth-order valence-electron chi connectivity index (χ4n) is 3.45. The van der Waals surface area contributed by atoms with Gasteiger partial charge in [0, 0.05) is 21.7 Å². The van der Waals surface area contributed by atoms with Gasteiger partial charge in [-0.2, -0.15) is 0 Å². The second-order valence-corrected chi connectivity index (χ2v) is 10.1. The van der Waals surface area contributed by atoms with Crippen molar-refractivity contribution in [1.82, 2.24) is 4.98 Å². The van der Waals surface area contributed by atoms with E-state index in [2.05, 4.69) is 15.6 Å². The molecule has 5 nitrogen and oxygen atoms in total.